The molecule has 6 nitrogen and oxygen atoms in total. The molecule has 0 aliphatic heterocycles. The number of hydrogen-bond acceptors (Lipinski definition) is 3. The molecule has 0 bridgehead atoms. The zero-order valence-electron chi connectivity index (χ0n) is 15.9. The lowest BCUT2D eigenvalue weighted by molar-refractivity contribution is -0.137. The molecule has 1 unspecified atom stereocenters. The largest absolute Gasteiger partial charge is 0.416 e. The standard InChI is InChI=1S/C18H24F3N5O.HI/c1-4-22-16(24-12-17(2,27)15-10-25-26(3)11-15)23-9-13-5-7-14(8-6-13)18(19,20)21;/h5-8,10-11,27H,4,9,12H2,1-3H3,(H2,22,23,24);1H. The van der Waals surface area contributed by atoms with Crippen molar-refractivity contribution in [2.45, 2.75) is 32.2 Å². The van der Waals surface area contributed by atoms with E-state index < -0.39 is 17.3 Å². The van der Waals surface area contributed by atoms with Crippen LogP contribution in [0.15, 0.2) is 41.7 Å². The highest BCUT2D eigenvalue weighted by molar-refractivity contribution is 14.0. The zero-order valence-corrected chi connectivity index (χ0v) is 18.2. The maximum atomic E-state index is 12.6. The zero-order chi connectivity index (χ0) is 20.1. The molecule has 28 heavy (non-hydrogen) atoms. The van der Waals surface area contributed by atoms with Crippen LogP contribution in [-0.4, -0.2) is 33.9 Å². The molecule has 1 aromatic heterocycles. The second-order valence-corrected chi connectivity index (χ2v) is 6.42. The van der Waals surface area contributed by atoms with Crippen LogP contribution in [0.2, 0.25) is 0 Å². The molecular formula is C18H25F3IN5O. The van der Waals surface area contributed by atoms with E-state index in [1.807, 2.05) is 6.92 Å². The predicted octanol–water partition coefficient (Wildman–Crippen LogP) is 3.02. The summed E-state index contributed by atoms with van der Waals surface area (Å²) in [7, 11) is 1.77. The van der Waals surface area contributed by atoms with Gasteiger partial charge in [0, 0.05) is 25.4 Å². The van der Waals surface area contributed by atoms with Gasteiger partial charge in [-0.05, 0) is 31.5 Å². The van der Waals surface area contributed by atoms with E-state index >= 15 is 0 Å². The Bertz CT molecular complexity index is 772. The van der Waals surface area contributed by atoms with Gasteiger partial charge in [-0.15, -0.1) is 24.0 Å². The average Bonchev–Trinajstić information content (AvgIpc) is 3.04. The fraction of sp³-hybridized carbons (Fsp3) is 0.444. The molecule has 1 aromatic carbocycles. The minimum Gasteiger partial charge on any atom is -0.383 e. The molecule has 3 N–H and O–H groups in total. The maximum Gasteiger partial charge on any atom is 0.416 e. The molecule has 0 radical (unpaired) electrons. The number of guanidine groups is 1. The van der Waals surface area contributed by atoms with E-state index in [9.17, 15) is 18.3 Å². The first-order valence-electron chi connectivity index (χ1n) is 8.51. The predicted molar refractivity (Wildman–Crippen MR) is 112 cm³/mol. The minimum absolute atomic E-state index is 0. The van der Waals surface area contributed by atoms with E-state index in [-0.39, 0.29) is 37.1 Å². The fourth-order valence-corrected chi connectivity index (χ4v) is 2.37. The lowest BCUT2D eigenvalue weighted by Crippen LogP contribution is -2.44. The van der Waals surface area contributed by atoms with Crippen molar-refractivity contribution in [2.75, 3.05) is 13.1 Å². The third-order valence-corrected chi connectivity index (χ3v) is 3.97. The number of aliphatic imine (C=N–C) groups is 1. The Morgan fingerprint density at radius 2 is 1.82 bits per heavy atom. The molecule has 1 heterocycles. The first kappa shape index (κ1) is 24.2. The van der Waals surface area contributed by atoms with Crippen molar-refractivity contribution >= 4 is 29.9 Å². The second kappa shape index (κ2) is 10.1. The van der Waals surface area contributed by atoms with Crippen LogP contribution in [0.4, 0.5) is 13.2 Å². The summed E-state index contributed by atoms with van der Waals surface area (Å²) in [5, 5.41) is 20.7. The number of alkyl halides is 3. The number of aryl methyl sites for hydroxylation is 1. The van der Waals surface area contributed by atoms with Gasteiger partial charge in [-0.1, -0.05) is 12.1 Å². The van der Waals surface area contributed by atoms with Crippen LogP contribution in [0.5, 0.6) is 0 Å². The third-order valence-electron chi connectivity index (χ3n) is 3.97. The molecule has 0 spiro atoms. The summed E-state index contributed by atoms with van der Waals surface area (Å²) in [6, 6.07) is 4.89. The lowest BCUT2D eigenvalue weighted by atomic mass is 10.00. The van der Waals surface area contributed by atoms with Crippen molar-refractivity contribution in [1.29, 1.82) is 0 Å². The van der Waals surface area contributed by atoms with Gasteiger partial charge >= 0.3 is 6.18 Å². The summed E-state index contributed by atoms with van der Waals surface area (Å²) in [6.07, 6.45) is -1.03. The molecule has 156 valence electrons. The van der Waals surface area contributed by atoms with Crippen LogP contribution in [0.25, 0.3) is 0 Å². The SMILES string of the molecule is CCNC(=NCc1ccc(C(F)(F)F)cc1)NCC(C)(O)c1cnn(C)c1.I. The lowest BCUT2D eigenvalue weighted by Gasteiger charge is -2.23. The molecule has 0 aliphatic rings. The van der Waals surface area contributed by atoms with Gasteiger partial charge in [-0.3, -0.25) is 4.68 Å². The number of nitrogens with zero attached hydrogens (tertiary/aromatic N) is 3. The third kappa shape index (κ3) is 6.97. The van der Waals surface area contributed by atoms with E-state index in [1.54, 1.807) is 31.0 Å². The van der Waals surface area contributed by atoms with Gasteiger partial charge in [0.25, 0.3) is 0 Å². The van der Waals surface area contributed by atoms with Crippen molar-refractivity contribution < 1.29 is 18.3 Å². The number of aromatic nitrogens is 2. The summed E-state index contributed by atoms with van der Waals surface area (Å²) in [4.78, 5) is 4.36. The molecule has 0 amide bonds. The highest BCUT2D eigenvalue weighted by atomic mass is 127. The Kier molecular flexibility index (Phi) is 8.74. The molecule has 1 atom stereocenters. The smallest absolute Gasteiger partial charge is 0.383 e. The average molecular weight is 511 g/mol. The van der Waals surface area contributed by atoms with Gasteiger partial charge in [0.2, 0.25) is 0 Å². The van der Waals surface area contributed by atoms with E-state index in [0.29, 0.717) is 23.6 Å². The van der Waals surface area contributed by atoms with E-state index in [4.69, 9.17) is 0 Å². The second-order valence-electron chi connectivity index (χ2n) is 6.42. The Morgan fingerprint density at radius 1 is 1.18 bits per heavy atom. The van der Waals surface area contributed by atoms with E-state index in [0.717, 1.165) is 12.1 Å². The number of aliphatic hydroxyl groups is 1. The van der Waals surface area contributed by atoms with Crippen LogP contribution in [0, 0.1) is 0 Å². The Labute approximate surface area is 179 Å². The molecule has 2 aromatic rings. The van der Waals surface area contributed by atoms with Gasteiger partial charge in [0.05, 0.1) is 24.8 Å². The van der Waals surface area contributed by atoms with Crippen LogP contribution in [0.1, 0.15) is 30.5 Å². The quantitative estimate of drug-likeness (QED) is 0.317. The van der Waals surface area contributed by atoms with Crippen LogP contribution in [-0.2, 0) is 25.4 Å². The minimum atomic E-state index is -4.35. The van der Waals surface area contributed by atoms with E-state index in [2.05, 4.69) is 20.7 Å². The fourth-order valence-electron chi connectivity index (χ4n) is 2.37. The summed E-state index contributed by atoms with van der Waals surface area (Å²) in [5.74, 6) is 0.460. The normalized spacial score (nSPS) is 14.2. The van der Waals surface area contributed by atoms with Crippen LogP contribution >= 0.6 is 24.0 Å². The molecule has 0 aliphatic carbocycles. The number of benzene rings is 1. The summed E-state index contributed by atoms with van der Waals surface area (Å²) in [5.41, 5.74) is -0.526. The Balaban J connectivity index is 0.00000392. The number of halogens is 4. The molecular weight excluding hydrogens is 486 g/mol. The van der Waals surface area contributed by atoms with Gasteiger partial charge in [0.15, 0.2) is 5.96 Å². The Morgan fingerprint density at radius 3 is 2.32 bits per heavy atom. The van der Waals surface area contributed by atoms with Crippen molar-refractivity contribution in [2.24, 2.45) is 12.0 Å². The summed E-state index contributed by atoms with van der Waals surface area (Å²) in [6.45, 7) is 4.57. The van der Waals surface area contributed by atoms with Gasteiger partial charge in [0.1, 0.15) is 5.60 Å². The first-order chi connectivity index (χ1) is 12.6. The first-order valence-corrected chi connectivity index (χ1v) is 8.51. The monoisotopic (exact) mass is 511 g/mol. The van der Waals surface area contributed by atoms with Crippen LogP contribution in [0.3, 0.4) is 0 Å². The summed E-state index contributed by atoms with van der Waals surface area (Å²) < 4.78 is 39.4. The van der Waals surface area contributed by atoms with E-state index in [1.165, 1.54) is 12.1 Å². The highest BCUT2D eigenvalue weighted by Gasteiger charge is 2.30. The molecule has 0 saturated carbocycles. The number of hydrogen-bond donors (Lipinski definition) is 3. The molecule has 0 fully saturated rings. The van der Waals surface area contributed by atoms with Crippen molar-refractivity contribution in [3.63, 3.8) is 0 Å². The van der Waals surface area contributed by atoms with Crippen LogP contribution < -0.4 is 10.6 Å². The molecule has 2 rings (SSSR count). The topological polar surface area (TPSA) is 74.5 Å². The van der Waals surface area contributed by atoms with Crippen molar-refractivity contribution in [3.05, 3.63) is 53.3 Å². The number of rotatable bonds is 6. The van der Waals surface area contributed by atoms with Gasteiger partial charge < -0.3 is 15.7 Å². The molecule has 10 heteroatoms. The van der Waals surface area contributed by atoms with Crippen molar-refractivity contribution in [1.82, 2.24) is 20.4 Å². The highest BCUT2D eigenvalue weighted by Crippen LogP contribution is 2.29. The van der Waals surface area contributed by atoms with Gasteiger partial charge in [-0.2, -0.15) is 18.3 Å². The van der Waals surface area contributed by atoms with Crippen molar-refractivity contribution in [3.8, 4) is 0 Å². The number of nitrogens with one attached hydrogen (secondary N) is 2. The summed E-state index contributed by atoms with van der Waals surface area (Å²) >= 11 is 0. The van der Waals surface area contributed by atoms with Gasteiger partial charge in [-0.25, -0.2) is 4.99 Å². The molecule has 0 saturated heterocycles. The Hall–Kier alpha value is -1.82. The maximum absolute atomic E-state index is 12.6.